The summed E-state index contributed by atoms with van der Waals surface area (Å²) in [5.41, 5.74) is 5.19. The molecule has 0 aliphatic rings. The lowest BCUT2D eigenvalue weighted by atomic mass is 10.1. The third-order valence-electron chi connectivity index (χ3n) is 3.26. The van der Waals surface area contributed by atoms with E-state index in [1.165, 1.54) is 27.4 Å². The van der Waals surface area contributed by atoms with Crippen LogP contribution in [-0.2, 0) is 0 Å². The largest absolute Gasteiger partial charge is 0.122 e. The van der Waals surface area contributed by atoms with Crippen molar-refractivity contribution in [3.05, 3.63) is 64.7 Å². The third kappa shape index (κ3) is 3.04. The molecule has 0 N–H and O–H groups in total. The van der Waals surface area contributed by atoms with Crippen molar-refractivity contribution in [2.75, 3.05) is 0 Å². The van der Waals surface area contributed by atoms with Gasteiger partial charge in [0.1, 0.15) is 9.52 Å². The van der Waals surface area contributed by atoms with E-state index in [1.807, 2.05) is 0 Å². The van der Waals surface area contributed by atoms with Gasteiger partial charge in [0.05, 0.1) is 5.00 Å². The highest BCUT2D eigenvalue weighted by Gasteiger charge is 2.12. The zero-order valence-corrected chi connectivity index (χ0v) is 12.8. The second-order valence-corrected chi connectivity index (χ2v) is 6.87. The molecule has 0 nitrogen and oxygen atoms in total. The standard InChI is InChI=1S/C16H17ClSi/c1-11-7-9-14(10-8-11)16(17)18-15-6-4-5-12(2)13(15)3/h4-10,16H,1-3H3. The molecule has 0 saturated heterocycles. The molecule has 0 bridgehead atoms. The van der Waals surface area contributed by atoms with Crippen molar-refractivity contribution in [2.45, 2.75) is 25.8 Å². The Morgan fingerprint density at radius 3 is 2.28 bits per heavy atom. The van der Waals surface area contributed by atoms with Crippen molar-refractivity contribution in [3.8, 4) is 0 Å². The summed E-state index contributed by atoms with van der Waals surface area (Å²) in [4.78, 5) is 0. The quantitative estimate of drug-likeness (QED) is 0.588. The van der Waals surface area contributed by atoms with Gasteiger partial charge in [-0.2, -0.15) is 0 Å². The van der Waals surface area contributed by atoms with Gasteiger partial charge in [0, 0.05) is 0 Å². The number of alkyl halides is 1. The molecule has 2 aromatic carbocycles. The average Bonchev–Trinajstić information content (AvgIpc) is 2.36. The van der Waals surface area contributed by atoms with Gasteiger partial charge in [0.25, 0.3) is 0 Å². The van der Waals surface area contributed by atoms with Crippen LogP contribution in [-0.4, -0.2) is 9.52 Å². The highest BCUT2D eigenvalue weighted by molar-refractivity contribution is 6.64. The highest BCUT2D eigenvalue weighted by atomic mass is 35.5. The lowest BCUT2D eigenvalue weighted by Gasteiger charge is -2.12. The van der Waals surface area contributed by atoms with Crippen LogP contribution in [0.1, 0.15) is 27.3 Å². The van der Waals surface area contributed by atoms with Gasteiger partial charge in [-0.25, -0.2) is 0 Å². The van der Waals surface area contributed by atoms with E-state index in [4.69, 9.17) is 11.6 Å². The predicted octanol–water partition coefficient (Wildman–Crippen LogP) is 3.88. The molecule has 92 valence electrons. The molecular weight excluding hydrogens is 256 g/mol. The Balaban J connectivity index is 2.18. The van der Waals surface area contributed by atoms with E-state index >= 15 is 0 Å². The van der Waals surface area contributed by atoms with Crippen LogP contribution in [0.4, 0.5) is 0 Å². The second kappa shape index (κ2) is 5.72. The van der Waals surface area contributed by atoms with Crippen molar-refractivity contribution in [1.29, 1.82) is 0 Å². The van der Waals surface area contributed by atoms with E-state index in [-0.39, 0.29) is 5.00 Å². The molecule has 1 unspecified atom stereocenters. The normalized spacial score (nSPS) is 12.4. The molecule has 0 aliphatic heterocycles. The van der Waals surface area contributed by atoms with Gasteiger partial charge in [0.15, 0.2) is 0 Å². The summed E-state index contributed by atoms with van der Waals surface area (Å²) >= 11 is 6.53. The number of rotatable bonds is 3. The van der Waals surface area contributed by atoms with Gasteiger partial charge in [-0.05, 0) is 37.5 Å². The molecule has 0 fully saturated rings. The van der Waals surface area contributed by atoms with Crippen LogP contribution in [0, 0.1) is 20.8 Å². The molecule has 2 rings (SSSR count). The van der Waals surface area contributed by atoms with Crippen LogP contribution in [0.2, 0.25) is 0 Å². The molecule has 2 aromatic rings. The molecular formula is C16H17ClSi. The van der Waals surface area contributed by atoms with E-state index in [0.717, 1.165) is 0 Å². The van der Waals surface area contributed by atoms with E-state index in [1.54, 1.807) is 0 Å². The van der Waals surface area contributed by atoms with E-state index in [0.29, 0.717) is 9.52 Å². The fourth-order valence-electron chi connectivity index (χ4n) is 1.86. The summed E-state index contributed by atoms with van der Waals surface area (Å²) < 4.78 is 0. The van der Waals surface area contributed by atoms with Crippen LogP contribution in [0.15, 0.2) is 42.5 Å². The van der Waals surface area contributed by atoms with Crippen molar-refractivity contribution in [2.24, 2.45) is 0 Å². The van der Waals surface area contributed by atoms with Gasteiger partial charge < -0.3 is 0 Å². The number of halogens is 1. The molecule has 0 aliphatic carbocycles. The fraction of sp³-hybridized carbons (Fsp3) is 0.250. The topological polar surface area (TPSA) is 0 Å². The highest BCUT2D eigenvalue weighted by Crippen LogP contribution is 2.20. The summed E-state index contributed by atoms with van der Waals surface area (Å²) in [6, 6.07) is 15.0. The lowest BCUT2D eigenvalue weighted by molar-refractivity contribution is 1.30. The van der Waals surface area contributed by atoms with E-state index < -0.39 is 0 Å². The molecule has 0 amide bonds. The van der Waals surface area contributed by atoms with Gasteiger partial charge >= 0.3 is 0 Å². The summed E-state index contributed by atoms with van der Waals surface area (Å²) in [6.45, 7) is 6.43. The Morgan fingerprint density at radius 1 is 0.944 bits per heavy atom. The summed E-state index contributed by atoms with van der Waals surface area (Å²) in [7, 11) is 0.613. The van der Waals surface area contributed by atoms with Crippen molar-refractivity contribution in [3.63, 3.8) is 0 Å². The van der Waals surface area contributed by atoms with Crippen LogP contribution in [0.3, 0.4) is 0 Å². The first-order chi connectivity index (χ1) is 8.58. The smallest absolute Gasteiger partial charge is 0.110 e. The maximum absolute atomic E-state index is 6.53. The average molecular weight is 273 g/mol. The molecule has 2 heteroatoms. The zero-order valence-electron chi connectivity index (χ0n) is 11.0. The fourth-order valence-corrected chi connectivity index (χ4v) is 3.60. The third-order valence-corrected chi connectivity index (χ3v) is 5.28. The van der Waals surface area contributed by atoms with Crippen LogP contribution in [0.25, 0.3) is 0 Å². The summed E-state index contributed by atoms with van der Waals surface area (Å²) in [5.74, 6) is 0. The van der Waals surface area contributed by atoms with Gasteiger partial charge in [-0.1, -0.05) is 53.2 Å². The molecule has 0 saturated carbocycles. The minimum Gasteiger partial charge on any atom is -0.122 e. The molecule has 0 spiro atoms. The van der Waals surface area contributed by atoms with Crippen LogP contribution in [0.5, 0.6) is 0 Å². The number of hydrogen-bond donors (Lipinski definition) is 0. The van der Waals surface area contributed by atoms with Gasteiger partial charge in [-0.15, -0.1) is 11.6 Å². The first-order valence-corrected chi connectivity index (χ1v) is 7.62. The van der Waals surface area contributed by atoms with Crippen LogP contribution >= 0.6 is 11.6 Å². The Bertz CT molecular complexity index is 531. The number of aryl methyl sites for hydroxylation is 2. The van der Waals surface area contributed by atoms with E-state index in [9.17, 15) is 0 Å². The van der Waals surface area contributed by atoms with Crippen LogP contribution < -0.4 is 5.19 Å². The Kier molecular flexibility index (Phi) is 4.26. The first kappa shape index (κ1) is 13.4. The maximum Gasteiger partial charge on any atom is 0.110 e. The van der Waals surface area contributed by atoms with Gasteiger partial charge in [-0.3, -0.25) is 0 Å². The summed E-state index contributed by atoms with van der Waals surface area (Å²) in [6.07, 6.45) is 0. The second-order valence-electron chi connectivity index (χ2n) is 4.67. The maximum atomic E-state index is 6.53. The Labute approximate surface area is 117 Å². The molecule has 1 atom stereocenters. The minimum absolute atomic E-state index is 0.0751. The minimum atomic E-state index is 0.0751. The van der Waals surface area contributed by atoms with Crippen molar-refractivity contribution >= 4 is 26.3 Å². The first-order valence-electron chi connectivity index (χ1n) is 6.11. The number of hydrogen-bond acceptors (Lipinski definition) is 0. The Morgan fingerprint density at radius 2 is 1.61 bits per heavy atom. The monoisotopic (exact) mass is 272 g/mol. The zero-order chi connectivity index (χ0) is 13.1. The lowest BCUT2D eigenvalue weighted by Crippen LogP contribution is -2.22. The van der Waals surface area contributed by atoms with Gasteiger partial charge in [0.2, 0.25) is 0 Å². The molecule has 2 radical (unpaired) electrons. The molecule has 18 heavy (non-hydrogen) atoms. The predicted molar refractivity (Wildman–Crippen MR) is 81.1 cm³/mol. The van der Waals surface area contributed by atoms with Crippen molar-refractivity contribution in [1.82, 2.24) is 0 Å². The van der Waals surface area contributed by atoms with E-state index in [2.05, 4.69) is 63.2 Å². The van der Waals surface area contributed by atoms with Crippen molar-refractivity contribution < 1.29 is 0 Å². The number of benzene rings is 2. The Hall–Kier alpha value is -1.05. The molecule has 0 aromatic heterocycles. The summed E-state index contributed by atoms with van der Waals surface area (Å²) in [5, 5.41) is 1.45. The SMILES string of the molecule is Cc1ccc(C(Cl)[Si]c2cccc(C)c2C)cc1. The molecule has 0 heterocycles.